The number of carbonyl (C=O) groups excluding carboxylic acids is 2. The predicted octanol–water partition coefficient (Wildman–Crippen LogP) is 2.48. The molecule has 0 saturated heterocycles. The highest BCUT2D eigenvalue weighted by Crippen LogP contribution is 2.29. The number of aromatic amines is 1. The van der Waals surface area contributed by atoms with Crippen LogP contribution in [0.3, 0.4) is 0 Å². The molecule has 1 aliphatic carbocycles. The Hall–Kier alpha value is -1.58. The van der Waals surface area contributed by atoms with E-state index in [2.05, 4.69) is 18.8 Å². The van der Waals surface area contributed by atoms with Gasteiger partial charge in [0.2, 0.25) is 0 Å². The molecule has 1 aliphatic rings. The van der Waals surface area contributed by atoms with Crippen LogP contribution in [-0.4, -0.2) is 34.2 Å². The van der Waals surface area contributed by atoms with E-state index in [9.17, 15) is 9.59 Å². The maximum Gasteiger partial charge on any atom is 0.270 e. The molecule has 0 unspecified atom stereocenters. The summed E-state index contributed by atoms with van der Waals surface area (Å²) in [6, 6.07) is 2.05. The molecule has 1 N–H and O–H groups in total. The number of nitrogens with one attached hydrogen (secondary N) is 1. The quantitative estimate of drug-likeness (QED) is 0.814. The van der Waals surface area contributed by atoms with Crippen LogP contribution in [0.1, 0.15) is 54.5 Å². The minimum Gasteiger partial charge on any atom is -0.356 e. The molecular formula is C14H20N2O2. The van der Waals surface area contributed by atoms with Gasteiger partial charge in [0.1, 0.15) is 5.69 Å². The lowest BCUT2D eigenvalue weighted by Crippen LogP contribution is -2.36. The Balaban J connectivity index is 2.14. The zero-order chi connectivity index (χ0) is 13.3. The molecule has 1 aromatic heterocycles. The molecule has 0 bridgehead atoms. The van der Waals surface area contributed by atoms with Gasteiger partial charge in [-0.25, -0.2) is 0 Å². The van der Waals surface area contributed by atoms with Gasteiger partial charge < -0.3 is 9.88 Å². The van der Waals surface area contributed by atoms with Crippen molar-refractivity contribution in [3.05, 3.63) is 23.5 Å². The SMILES string of the molecule is CC(=O)c1c[nH]c(C(=O)N(CC(C)C)C2CC2)c1. The van der Waals surface area contributed by atoms with Crippen molar-refractivity contribution < 1.29 is 9.59 Å². The summed E-state index contributed by atoms with van der Waals surface area (Å²) < 4.78 is 0. The molecule has 1 saturated carbocycles. The first-order valence-corrected chi connectivity index (χ1v) is 6.49. The number of carbonyl (C=O) groups is 2. The molecule has 0 atom stereocenters. The van der Waals surface area contributed by atoms with E-state index in [0.717, 1.165) is 19.4 Å². The Morgan fingerprint density at radius 1 is 1.44 bits per heavy atom. The molecule has 0 spiro atoms. The molecule has 1 amide bonds. The van der Waals surface area contributed by atoms with E-state index in [-0.39, 0.29) is 11.7 Å². The van der Waals surface area contributed by atoms with Gasteiger partial charge in [0.15, 0.2) is 5.78 Å². The summed E-state index contributed by atoms with van der Waals surface area (Å²) in [5, 5.41) is 0. The zero-order valence-electron chi connectivity index (χ0n) is 11.2. The number of nitrogens with zero attached hydrogens (tertiary/aromatic N) is 1. The Bertz CT molecular complexity index is 458. The second-order valence-electron chi connectivity index (χ2n) is 5.44. The van der Waals surface area contributed by atoms with E-state index < -0.39 is 0 Å². The van der Waals surface area contributed by atoms with Gasteiger partial charge in [-0.2, -0.15) is 0 Å². The number of hydrogen-bond acceptors (Lipinski definition) is 2. The van der Waals surface area contributed by atoms with Gasteiger partial charge >= 0.3 is 0 Å². The van der Waals surface area contributed by atoms with Crippen LogP contribution < -0.4 is 0 Å². The molecule has 2 rings (SSSR count). The summed E-state index contributed by atoms with van der Waals surface area (Å²) in [5.41, 5.74) is 1.09. The maximum atomic E-state index is 12.4. The molecule has 1 heterocycles. The zero-order valence-corrected chi connectivity index (χ0v) is 11.2. The molecular weight excluding hydrogens is 228 g/mol. The van der Waals surface area contributed by atoms with E-state index in [1.165, 1.54) is 6.92 Å². The summed E-state index contributed by atoms with van der Waals surface area (Å²) in [6.07, 6.45) is 3.80. The molecule has 0 aromatic carbocycles. The molecule has 1 fully saturated rings. The van der Waals surface area contributed by atoms with Crippen molar-refractivity contribution in [2.45, 2.75) is 39.7 Å². The lowest BCUT2D eigenvalue weighted by Gasteiger charge is -2.23. The summed E-state index contributed by atoms with van der Waals surface area (Å²) in [5.74, 6) is 0.447. The van der Waals surface area contributed by atoms with Crippen LogP contribution in [-0.2, 0) is 0 Å². The average molecular weight is 248 g/mol. The third-order valence-corrected chi connectivity index (χ3v) is 3.13. The highest BCUT2D eigenvalue weighted by molar-refractivity contribution is 5.99. The van der Waals surface area contributed by atoms with E-state index in [1.54, 1.807) is 12.3 Å². The van der Waals surface area contributed by atoms with Crippen LogP contribution in [0.2, 0.25) is 0 Å². The van der Waals surface area contributed by atoms with Crippen molar-refractivity contribution in [3.8, 4) is 0 Å². The first-order chi connectivity index (χ1) is 8.49. The second-order valence-corrected chi connectivity index (χ2v) is 5.44. The van der Waals surface area contributed by atoms with E-state index in [1.807, 2.05) is 4.90 Å². The Morgan fingerprint density at radius 3 is 2.56 bits per heavy atom. The molecule has 18 heavy (non-hydrogen) atoms. The largest absolute Gasteiger partial charge is 0.356 e. The minimum atomic E-state index is -0.0212. The molecule has 0 aliphatic heterocycles. The van der Waals surface area contributed by atoms with Crippen LogP contribution in [0.25, 0.3) is 0 Å². The summed E-state index contributed by atoms with van der Waals surface area (Å²) in [6.45, 7) is 6.50. The lowest BCUT2D eigenvalue weighted by atomic mass is 10.2. The summed E-state index contributed by atoms with van der Waals surface area (Å²) in [7, 11) is 0. The fourth-order valence-corrected chi connectivity index (χ4v) is 2.05. The van der Waals surface area contributed by atoms with Gasteiger partial charge in [-0.3, -0.25) is 9.59 Å². The first-order valence-electron chi connectivity index (χ1n) is 6.49. The topological polar surface area (TPSA) is 53.2 Å². The van der Waals surface area contributed by atoms with Crippen molar-refractivity contribution in [2.24, 2.45) is 5.92 Å². The van der Waals surface area contributed by atoms with Crippen LogP contribution >= 0.6 is 0 Å². The lowest BCUT2D eigenvalue weighted by molar-refractivity contribution is 0.0717. The van der Waals surface area contributed by atoms with Crippen LogP contribution in [0.4, 0.5) is 0 Å². The fraction of sp³-hybridized carbons (Fsp3) is 0.571. The Kier molecular flexibility index (Phi) is 3.55. The number of hydrogen-bond donors (Lipinski definition) is 1. The number of ketones is 1. The van der Waals surface area contributed by atoms with Crippen molar-refractivity contribution in [1.82, 2.24) is 9.88 Å². The Morgan fingerprint density at radius 2 is 2.11 bits per heavy atom. The number of rotatable bonds is 5. The number of Topliss-reactive ketones (excluding diaryl/α,β-unsaturated/α-hetero) is 1. The monoisotopic (exact) mass is 248 g/mol. The number of H-pyrrole nitrogens is 1. The maximum absolute atomic E-state index is 12.4. The molecule has 0 radical (unpaired) electrons. The van der Waals surface area contributed by atoms with Crippen LogP contribution in [0, 0.1) is 5.92 Å². The molecule has 4 heteroatoms. The van der Waals surface area contributed by atoms with E-state index >= 15 is 0 Å². The number of aromatic nitrogens is 1. The van der Waals surface area contributed by atoms with Crippen LogP contribution in [0.15, 0.2) is 12.3 Å². The second kappa shape index (κ2) is 4.96. The van der Waals surface area contributed by atoms with Crippen molar-refractivity contribution in [3.63, 3.8) is 0 Å². The highest BCUT2D eigenvalue weighted by atomic mass is 16.2. The van der Waals surface area contributed by atoms with Crippen molar-refractivity contribution in [1.29, 1.82) is 0 Å². The molecule has 98 valence electrons. The normalized spacial score (nSPS) is 14.9. The standard InChI is InChI=1S/C14H20N2O2/c1-9(2)8-16(12-4-5-12)14(18)13-6-11(7-15-13)10(3)17/h6-7,9,12,15H,4-5,8H2,1-3H3. The fourth-order valence-electron chi connectivity index (χ4n) is 2.05. The van der Waals surface area contributed by atoms with Gasteiger partial charge in [0.25, 0.3) is 5.91 Å². The minimum absolute atomic E-state index is 0.0127. The Labute approximate surface area is 107 Å². The first kappa shape index (κ1) is 12.9. The van der Waals surface area contributed by atoms with Gasteiger partial charge in [-0.05, 0) is 31.7 Å². The summed E-state index contributed by atoms with van der Waals surface area (Å²) >= 11 is 0. The van der Waals surface area contributed by atoms with Crippen LogP contribution in [0.5, 0.6) is 0 Å². The number of amides is 1. The summed E-state index contributed by atoms with van der Waals surface area (Å²) in [4.78, 5) is 28.5. The van der Waals surface area contributed by atoms with E-state index in [4.69, 9.17) is 0 Å². The molecule has 1 aromatic rings. The smallest absolute Gasteiger partial charge is 0.270 e. The van der Waals surface area contributed by atoms with Crippen molar-refractivity contribution >= 4 is 11.7 Å². The third-order valence-electron chi connectivity index (χ3n) is 3.13. The van der Waals surface area contributed by atoms with E-state index in [0.29, 0.717) is 23.2 Å². The van der Waals surface area contributed by atoms with Gasteiger partial charge in [-0.1, -0.05) is 13.8 Å². The average Bonchev–Trinajstić information content (AvgIpc) is 3.00. The predicted molar refractivity (Wildman–Crippen MR) is 69.7 cm³/mol. The molecule has 4 nitrogen and oxygen atoms in total. The van der Waals surface area contributed by atoms with Gasteiger partial charge in [0.05, 0.1) is 0 Å². The third kappa shape index (κ3) is 2.81. The van der Waals surface area contributed by atoms with Crippen molar-refractivity contribution in [2.75, 3.05) is 6.54 Å². The highest BCUT2D eigenvalue weighted by Gasteiger charge is 2.33. The van der Waals surface area contributed by atoms with Gasteiger partial charge in [0, 0.05) is 24.3 Å². The van der Waals surface area contributed by atoms with Gasteiger partial charge in [-0.15, -0.1) is 0 Å².